The molecule has 0 saturated carbocycles. The molecule has 90 valence electrons. The van der Waals surface area contributed by atoms with Crippen LogP contribution >= 0.6 is 23.2 Å². The summed E-state index contributed by atoms with van der Waals surface area (Å²) in [7, 11) is 0. The lowest BCUT2D eigenvalue weighted by molar-refractivity contribution is 0.867. The molecule has 0 saturated heterocycles. The summed E-state index contributed by atoms with van der Waals surface area (Å²) in [4.78, 5) is 10.9. The highest BCUT2D eigenvalue weighted by Gasteiger charge is 2.18. The van der Waals surface area contributed by atoms with Gasteiger partial charge in [-0.1, -0.05) is 29.3 Å². The smallest absolute Gasteiger partial charge is 0.264 e. The highest BCUT2D eigenvalue weighted by atomic mass is 35.5. The summed E-state index contributed by atoms with van der Waals surface area (Å²) in [6.07, 6.45) is 0. The van der Waals surface area contributed by atoms with E-state index in [1.54, 1.807) is 18.2 Å². The molecule has 18 heavy (non-hydrogen) atoms. The summed E-state index contributed by atoms with van der Waals surface area (Å²) in [5.41, 5.74) is 0.710. The van der Waals surface area contributed by atoms with Gasteiger partial charge in [-0.2, -0.15) is 10.4 Å². The van der Waals surface area contributed by atoms with Crippen molar-refractivity contribution in [1.29, 1.82) is 5.26 Å². The van der Waals surface area contributed by atoms with Crippen LogP contribution in [0.4, 0.5) is 0 Å². The molecule has 2 rings (SSSR count). The standard InChI is InChI=1S/C12H7Cl2N3O/c13-7-1-2-8(10(14)5-7)9(6-15)11-3-4-12(18)17-16-11/h1-5,9H,(H,17,18)/t9-/m0/s1. The van der Waals surface area contributed by atoms with Crippen LogP contribution in [0.3, 0.4) is 0 Å². The van der Waals surface area contributed by atoms with Crippen molar-refractivity contribution in [3.63, 3.8) is 0 Å². The van der Waals surface area contributed by atoms with Gasteiger partial charge in [-0.05, 0) is 23.8 Å². The third-order valence-corrected chi connectivity index (χ3v) is 2.96. The van der Waals surface area contributed by atoms with E-state index in [9.17, 15) is 10.1 Å². The highest BCUT2D eigenvalue weighted by Crippen LogP contribution is 2.30. The van der Waals surface area contributed by atoms with E-state index in [1.807, 2.05) is 0 Å². The molecule has 2 aromatic rings. The van der Waals surface area contributed by atoms with Gasteiger partial charge in [0.15, 0.2) is 0 Å². The second-order valence-corrected chi connectivity index (χ2v) is 4.42. The first-order valence-corrected chi connectivity index (χ1v) is 5.77. The lowest BCUT2D eigenvalue weighted by Crippen LogP contribution is -2.10. The van der Waals surface area contributed by atoms with E-state index in [1.165, 1.54) is 12.1 Å². The van der Waals surface area contributed by atoms with Gasteiger partial charge in [0.05, 0.1) is 11.8 Å². The Kier molecular flexibility index (Phi) is 3.66. The summed E-state index contributed by atoms with van der Waals surface area (Å²) in [5, 5.41) is 16.2. The fraction of sp³-hybridized carbons (Fsp3) is 0.0833. The molecule has 0 aliphatic rings. The van der Waals surface area contributed by atoms with E-state index in [0.717, 1.165) is 0 Å². The number of hydrogen-bond acceptors (Lipinski definition) is 3. The third kappa shape index (κ3) is 2.53. The van der Waals surface area contributed by atoms with E-state index in [-0.39, 0.29) is 5.56 Å². The Bertz CT molecular complexity index is 655. The number of H-pyrrole nitrogens is 1. The Labute approximate surface area is 113 Å². The average Bonchev–Trinajstić information content (AvgIpc) is 2.35. The molecule has 0 spiro atoms. The van der Waals surface area contributed by atoms with Crippen LogP contribution in [0.1, 0.15) is 17.2 Å². The van der Waals surface area contributed by atoms with E-state index >= 15 is 0 Å². The molecule has 1 heterocycles. The number of nitrogens with one attached hydrogen (secondary N) is 1. The maximum absolute atomic E-state index is 10.9. The Balaban J connectivity index is 2.49. The first kappa shape index (κ1) is 12.6. The second kappa shape index (κ2) is 5.21. The van der Waals surface area contributed by atoms with Crippen LogP contribution in [0.25, 0.3) is 0 Å². The van der Waals surface area contributed by atoms with Crippen molar-refractivity contribution in [2.45, 2.75) is 5.92 Å². The predicted octanol–water partition coefficient (Wildman–Crippen LogP) is 2.73. The Morgan fingerprint density at radius 1 is 1.28 bits per heavy atom. The van der Waals surface area contributed by atoms with Crippen molar-refractivity contribution in [2.24, 2.45) is 0 Å². The molecule has 0 aliphatic carbocycles. The van der Waals surface area contributed by atoms with Gasteiger partial charge in [0.25, 0.3) is 5.56 Å². The van der Waals surface area contributed by atoms with Crippen molar-refractivity contribution >= 4 is 23.2 Å². The highest BCUT2D eigenvalue weighted by molar-refractivity contribution is 6.35. The molecule has 0 aliphatic heterocycles. The van der Waals surface area contributed by atoms with Gasteiger partial charge in [0, 0.05) is 16.1 Å². The largest absolute Gasteiger partial charge is 0.268 e. The molecule has 4 nitrogen and oxygen atoms in total. The van der Waals surface area contributed by atoms with Crippen molar-refractivity contribution in [3.8, 4) is 6.07 Å². The van der Waals surface area contributed by atoms with Gasteiger partial charge in [-0.15, -0.1) is 0 Å². The number of halogens is 2. The number of aromatic nitrogens is 2. The summed E-state index contributed by atoms with van der Waals surface area (Å²) in [6, 6.07) is 9.80. The average molecular weight is 280 g/mol. The zero-order chi connectivity index (χ0) is 13.1. The van der Waals surface area contributed by atoms with E-state index in [2.05, 4.69) is 16.3 Å². The van der Waals surface area contributed by atoms with Crippen LogP contribution in [0, 0.1) is 11.3 Å². The number of benzene rings is 1. The summed E-state index contributed by atoms with van der Waals surface area (Å²) in [5.74, 6) is -0.647. The Morgan fingerprint density at radius 2 is 2.06 bits per heavy atom. The molecular weight excluding hydrogens is 273 g/mol. The summed E-state index contributed by atoms with van der Waals surface area (Å²) in [6.45, 7) is 0. The molecule has 0 fully saturated rings. The van der Waals surface area contributed by atoms with Crippen LogP contribution in [-0.2, 0) is 0 Å². The van der Waals surface area contributed by atoms with E-state index in [0.29, 0.717) is 21.3 Å². The van der Waals surface area contributed by atoms with Crippen LogP contribution in [0.2, 0.25) is 10.0 Å². The van der Waals surface area contributed by atoms with Gasteiger partial charge >= 0.3 is 0 Å². The van der Waals surface area contributed by atoms with Crippen molar-refractivity contribution in [3.05, 3.63) is 62.0 Å². The lowest BCUT2D eigenvalue weighted by atomic mass is 9.97. The minimum absolute atomic E-state index is 0.322. The van der Waals surface area contributed by atoms with Crippen molar-refractivity contribution in [1.82, 2.24) is 10.2 Å². The number of hydrogen-bond donors (Lipinski definition) is 1. The van der Waals surface area contributed by atoms with Gasteiger partial charge in [0.1, 0.15) is 5.92 Å². The molecule has 0 unspecified atom stereocenters. The molecule has 6 heteroatoms. The first-order chi connectivity index (χ1) is 8.61. The fourth-order valence-electron chi connectivity index (χ4n) is 1.55. The number of nitrogens with zero attached hydrogens (tertiary/aromatic N) is 2. The minimum Gasteiger partial charge on any atom is -0.268 e. The zero-order valence-corrected chi connectivity index (χ0v) is 10.5. The van der Waals surface area contributed by atoms with E-state index < -0.39 is 5.92 Å². The molecule has 1 N–H and O–H groups in total. The first-order valence-electron chi connectivity index (χ1n) is 5.02. The maximum Gasteiger partial charge on any atom is 0.264 e. The molecule has 1 aromatic heterocycles. The zero-order valence-electron chi connectivity index (χ0n) is 9.02. The maximum atomic E-state index is 10.9. The Hall–Kier alpha value is -1.83. The van der Waals surface area contributed by atoms with E-state index in [4.69, 9.17) is 23.2 Å². The van der Waals surface area contributed by atoms with Gasteiger partial charge in [0.2, 0.25) is 0 Å². The van der Waals surface area contributed by atoms with Crippen molar-refractivity contribution in [2.75, 3.05) is 0 Å². The topological polar surface area (TPSA) is 69.5 Å². The SMILES string of the molecule is N#C[C@H](c1ccc(=O)[nH]n1)c1ccc(Cl)cc1Cl. The summed E-state index contributed by atoms with van der Waals surface area (Å²) < 4.78 is 0. The van der Waals surface area contributed by atoms with Gasteiger partial charge in [-0.25, -0.2) is 5.10 Å². The van der Waals surface area contributed by atoms with Gasteiger partial charge in [-0.3, -0.25) is 4.79 Å². The van der Waals surface area contributed by atoms with Crippen LogP contribution in [-0.4, -0.2) is 10.2 Å². The van der Waals surface area contributed by atoms with Gasteiger partial charge < -0.3 is 0 Å². The van der Waals surface area contributed by atoms with Crippen molar-refractivity contribution < 1.29 is 0 Å². The predicted molar refractivity (Wildman–Crippen MR) is 68.8 cm³/mol. The molecule has 1 atom stereocenters. The minimum atomic E-state index is -0.647. The quantitative estimate of drug-likeness (QED) is 0.919. The third-order valence-electron chi connectivity index (χ3n) is 2.40. The lowest BCUT2D eigenvalue weighted by Gasteiger charge is -2.10. The van der Waals surface area contributed by atoms with Crippen LogP contribution in [0.15, 0.2) is 35.1 Å². The molecule has 1 aromatic carbocycles. The second-order valence-electron chi connectivity index (χ2n) is 3.57. The van der Waals surface area contributed by atoms with Crippen LogP contribution in [0.5, 0.6) is 0 Å². The monoisotopic (exact) mass is 279 g/mol. The fourth-order valence-corrected chi connectivity index (χ4v) is 2.06. The summed E-state index contributed by atoms with van der Waals surface area (Å²) >= 11 is 11.9. The molecule has 0 radical (unpaired) electrons. The van der Waals surface area contributed by atoms with Crippen LogP contribution < -0.4 is 5.56 Å². The molecule has 0 bridgehead atoms. The molecular formula is C12H7Cl2N3O. The number of aromatic amines is 1. The number of nitriles is 1. The molecule has 0 amide bonds. The number of rotatable bonds is 2. The normalized spacial score (nSPS) is 11.8. The Morgan fingerprint density at radius 3 is 2.61 bits per heavy atom.